The lowest BCUT2D eigenvalue weighted by molar-refractivity contribution is -0.385. The monoisotopic (exact) mass is 471 g/mol. The molecule has 2 amide bonds. The summed E-state index contributed by atoms with van der Waals surface area (Å²) in [5.74, 6) is -2.25. The molecule has 1 aliphatic rings. The lowest BCUT2D eigenvalue weighted by atomic mass is 10.1. The first-order valence-electron chi connectivity index (χ1n) is 9.24. The van der Waals surface area contributed by atoms with Gasteiger partial charge >= 0.3 is 12.1 Å². The summed E-state index contributed by atoms with van der Waals surface area (Å²) < 4.78 is 44.5. The summed E-state index contributed by atoms with van der Waals surface area (Å²) in [6.07, 6.45) is -4.07. The highest BCUT2D eigenvalue weighted by Gasteiger charge is 2.37. The van der Waals surface area contributed by atoms with Crippen molar-refractivity contribution in [3.05, 3.63) is 56.3 Å². The number of rotatable bonds is 6. The third-order valence-electron chi connectivity index (χ3n) is 4.66. The highest BCUT2D eigenvalue weighted by molar-refractivity contribution is 7.12. The average Bonchev–Trinajstić information content (AvgIpc) is 3.43. The Kier molecular flexibility index (Phi) is 6.77. The van der Waals surface area contributed by atoms with Crippen LogP contribution in [0, 0.1) is 10.1 Å². The number of halogens is 3. The molecule has 1 unspecified atom stereocenters. The van der Waals surface area contributed by atoms with Crippen molar-refractivity contribution in [3.63, 3.8) is 0 Å². The van der Waals surface area contributed by atoms with E-state index in [0.29, 0.717) is 30.3 Å². The molecule has 1 atom stereocenters. The zero-order valence-corrected chi connectivity index (χ0v) is 17.1. The van der Waals surface area contributed by atoms with Gasteiger partial charge in [0.2, 0.25) is 0 Å². The van der Waals surface area contributed by atoms with Gasteiger partial charge in [-0.2, -0.15) is 13.2 Å². The second kappa shape index (κ2) is 9.34. The number of carbonyl (C=O) groups is 3. The molecule has 0 bridgehead atoms. The Bertz CT molecular complexity index is 1040. The lowest BCUT2D eigenvalue weighted by Gasteiger charge is -2.22. The molecule has 0 radical (unpaired) electrons. The zero-order chi connectivity index (χ0) is 23.5. The number of nitro benzene ring substituents is 1. The predicted molar refractivity (Wildman–Crippen MR) is 106 cm³/mol. The minimum atomic E-state index is -4.96. The fourth-order valence-electron chi connectivity index (χ4n) is 3.21. The largest absolute Gasteiger partial charge is 0.454 e. The number of likely N-dealkylation sites (tertiary alicyclic amines) is 1. The van der Waals surface area contributed by atoms with E-state index in [1.165, 1.54) is 16.2 Å². The van der Waals surface area contributed by atoms with Gasteiger partial charge < -0.3 is 15.0 Å². The van der Waals surface area contributed by atoms with Crippen molar-refractivity contribution in [2.45, 2.75) is 25.1 Å². The Balaban J connectivity index is 1.63. The number of nitrogens with zero attached hydrogens (tertiary/aromatic N) is 2. The van der Waals surface area contributed by atoms with Gasteiger partial charge in [0.25, 0.3) is 17.5 Å². The van der Waals surface area contributed by atoms with Gasteiger partial charge in [-0.05, 0) is 30.4 Å². The minimum absolute atomic E-state index is 0.300. The van der Waals surface area contributed by atoms with E-state index in [1.807, 2.05) is 5.32 Å². The number of hydrogen-bond donors (Lipinski definition) is 1. The second-order valence-electron chi connectivity index (χ2n) is 6.77. The molecule has 170 valence electrons. The van der Waals surface area contributed by atoms with Crippen molar-refractivity contribution in [3.8, 4) is 0 Å². The van der Waals surface area contributed by atoms with Crippen LogP contribution in [0.5, 0.6) is 0 Å². The molecule has 0 aliphatic carbocycles. The van der Waals surface area contributed by atoms with Crippen LogP contribution >= 0.6 is 11.3 Å². The Hall–Kier alpha value is -3.48. The fourth-order valence-corrected chi connectivity index (χ4v) is 3.88. The summed E-state index contributed by atoms with van der Waals surface area (Å²) in [6, 6.07) is 4.27. The van der Waals surface area contributed by atoms with Crippen LogP contribution in [0.4, 0.5) is 24.5 Å². The van der Waals surface area contributed by atoms with E-state index in [4.69, 9.17) is 4.74 Å². The van der Waals surface area contributed by atoms with Crippen LogP contribution in [-0.4, -0.2) is 46.8 Å². The third-order valence-corrected chi connectivity index (χ3v) is 5.51. The van der Waals surface area contributed by atoms with E-state index in [1.54, 1.807) is 17.5 Å². The lowest BCUT2D eigenvalue weighted by Crippen LogP contribution is -2.41. The average molecular weight is 471 g/mol. The van der Waals surface area contributed by atoms with Crippen LogP contribution in [-0.2, 0) is 20.5 Å². The summed E-state index contributed by atoms with van der Waals surface area (Å²) in [7, 11) is 0. The number of anilines is 1. The van der Waals surface area contributed by atoms with Crippen LogP contribution in [0.15, 0.2) is 35.7 Å². The van der Waals surface area contributed by atoms with E-state index >= 15 is 0 Å². The maximum Gasteiger partial charge on any atom is 0.418 e. The first kappa shape index (κ1) is 23.2. The maximum absolute atomic E-state index is 13.2. The zero-order valence-electron chi connectivity index (χ0n) is 16.3. The predicted octanol–water partition coefficient (Wildman–Crippen LogP) is 3.46. The molecular weight excluding hydrogens is 455 g/mol. The number of alkyl halides is 3. The highest BCUT2D eigenvalue weighted by atomic mass is 32.1. The fraction of sp³-hybridized carbons (Fsp3) is 0.316. The van der Waals surface area contributed by atoms with Crippen LogP contribution in [0.1, 0.15) is 28.1 Å². The normalized spacial score (nSPS) is 16.0. The number of esters is 1. The number of benzene rings is 1. The molecule has 3 rings (SSSR count). The van der Waals surface area contributed by atoms with Gasteiger partial charge in [0.1, 0.15) is 6.04 Å². The molecule has 9 nitrogen and oxygen atoms in total. The van der Waals surface area contributed by atoms with E-state index < -0.39 is 52.6 Å². The number of amides is 2. The second-order valence-corrected chi connectivity index (χ2v) is 7.72. The van der Waals surface area contributed by atoms with Crippen molar-refractivity contribution in [1.82, 2.24) is 4.90 Å². The summed E-state index contributed by atoms with van der Waals surface area (Å²) >= 11 is 1.22. The van der Waals surface area contributed by atoms with E-state index in [9.17, 15) is 37.7 Å². The SMILES string of the molecule is O=C(COC(=O)C1CCCN1C(=O)c1cccs1)Nc1ccc([N+](=O)[O-])cc1C(F)(F)F. The number of ether oxygens (including phenoxy) is 1. The minimum Gasteiger partial charge on any atom is -0.454 e. The molecule has 1 aromatic heterocycles. The number of nitrogens with one attached hydrogen (secondary N) is 1. The molecule has 1 saturated heterocycles. The molecule has 2 aromatic rings. The maximum atomic E-state index is 13.2. The number of non-ortho nitro benzene ring substituents is 1. The van der Waals surface area contributed by atoms with Crippen molar-refractivity contribution in [2.75, 3.05) is 18.5 Å². The van der Waals surface area contributed by atoms with Gasteiger partial charge in [0, 0.05) is 18.7 Å². The van der Waals surface area contributed by atoms with Gasteiger partial charge in [0.15, 0.2) is 6.61 Å². The van der Waals surface area contributed by atoms with E-state index in [2.05, 4.69) is 0 Å². The van der Waals surface area contributed by atoms with Gasteiger partial charge in [0.05, 0.1) is 21.1 Å². The topological polar surface area (TPSA) is 119 Å². The molecule has 1 N–H and O–H groups in total. The quantitative estimate of drug-likeness (QED) is 0.392. The molecule has 1 aromatic carbocycles. The van der Waals surface area contributed by atoms with Gasteiger partial charge in [-0.1, -0.05) is 6.07 Å². The van der Waals surface area contributed by atoms with Crippen molar-refractivity contribution in [1.29, 1.82) is 0 Å². The molecule has 13 heteroatoms. The van der Waals surface area contributed by atoms with Crippen LogP contribution in [0.3, 0.4) is 0 Å². The number of nitro groups is 1. The molecule has 1 aliphatic heterocycles. The smallest absolute Gasteiger partial charge is 0.418 e. The third kappa shape index (κ3) is 5.22. The van der Waals surface area contributed by atoms with E-state index in [-0.39, 0.29) is 5.91 Å². The van der Waals surface area contributed by atoms with Crippen LogP contribution < -0.4 is 5.32 Å². The molecule has 2 heterocycles. The molecule has 32 heavy (non-hydrogen) atoms. The Morgan fingerprint density at radius 2 is 2.03 bits per heavy atom. The number of thiophene rings is 1. The molecule has 0 saturated carbocycles. The molecule has 0 spiro atoms. The Labute approximate surface area is 182 Å². The van der Waals surface area contributed by atoms with Crippen LogP contribution in [0.2, 0.25) is 0 Å². The summed E-state index contributed by atoms with van der Waals surface area (Å²) in [5.41, 5.74) is -2.91. The Morgan fingerprint density at radius 1 is 1.28 bits per heavy atom. The van der Waals surface area contributed by atoms with E-state index in [0.717, 1.165) is 12.1 Å². The van der Waals surface area contributed by atoms with Crippen molar-refractivity contribution in [2.24, 2.45) is 0 Å². The van der Waals surface area contributed by atoms with Gasteiger partial charge in [-0.3, -0.25) is 19.7 Å². The summed E-state index contributed by atoms with van der Waals surface area (Å²) in [5, 5.41) is 14.4. The van der Waals surface area contributed by atoms with Crippen LogP contribution in [0.25, 0.3) is 0 Å². The Morgan fingerprint density at radius 3 is 2.66 bits per heavy atom. The van der Waals surface area contributed by atoms with Gasteiger partial charge in [-0.25, -0.2) is 4.79 Å². The molecule has 1 fully saturated rings. The van der Waals surface area contributed by atoms with Crippen molar-refractivity contribution >= 4 is 40.5 Å². The van der Waals surface area contributed by atoms with Gasteiger partial charge in [-0.15, -0.1) is 11.3 Å². The number of carbonyl (C=O) groups excluding carboxylic acids is 3. The van der Waals surface area contributed by atoms with Crippen molar-refractivity contribution < 1.29 is 37.2 Å². The summed E-state index contributed by atoms with van der Waals surface area (Å²) in [6.45, 7) is -0.551. The first-order valence-corrected chi connectivity index (χ1v) is 10.1. The first-order chi connectivity index (χ1) is 15.1. The highest BCUT2D eigenvalue weighted by Crippen LogP contribution is 2.37. The number of hydrogen-bond acceptors (Lipinski definition) is 7. The summed E-state index contributed by atoms with van der Waals surface area (Å²) in [4.78, 5) is 48.5. The standard InChI is InChI=1S/C19H16F3N3O6S/c20-19(21,22)12-9-11(25(29)30)5-6-13(12)23-16(26)10-31-18(28)14-3-1-7-24(14)17(27)15-4-2-8-32-15/h2,4-6,8-9,14H,1,3,7,10H2,(H,23,26). The molecular formula is C19H16F3N3O6S.